The first-order valence-corrected chi connectivity index (χ1v) is 14.5. The van der Waals surface area contributed by atoms with Gasteiger partial charge in [-0.15, -0.1) is 0 Å². The molecular formula is C31H42N6O. The summed E-state index contributed by atoms with van der Waals surface area (Å²) in [5.41, 5.74) is 5.22. The van der Waals surface area contributed by atoms with Crippen LogP contribution in [-0.2, 0) is 11.3 Å². The van der Waals surface area contributed by atoms with Crippen molar-refractivity contribution in [2.24, 2.45) is 0 Å². The number of nitrogens with one attached hydrogen (secondary N) is 1. The van der Waals surface area contributed by atoms with Gasteiger partial charge in [0.25, 0.3) is 0 Å². The number of hydrogen-bond acceptors (Lipinski definition) is 7. The van der Waals surface area contributed by atoms with Gasteiger partial charge < -0.3 is 19.9 Å². The molecule has 6 rings (SSSR count). The molecule has 0 atom stereocenters. The predicted molar refractivity (Wildman–Crippen MR) is 155 cm³/mol. The van der Waals surface area contributed by atoms with Gasteiger partial charge in [-0.1, -0.05) is 24.3 Å². The first-order chi connectivity index (χ1) is 18.7. The lowest BCUT2D eigenvalue weighted by atomic mass is 9.88. The molecule has 7 nitrogen and oxygen atoms in total. The summed E-state index contributed by atoms with van der Waals surface area (Å²) < 4.78 is 5.47. The SMILES string of the molecule is CN(C)c1ccccc1C1CCN(c2nc(C3CC3)nc3ccc(CNCCN4CCOCC4)cc23)CC1. The van der Waals surface area contributed by atoms with Crippen LogP contribution in [0.1, 0.15) is 54.5 Å². The van der Waals surface area contributed by atoms with E-state index in [1.54, 1.807) is 0 Å². The van der Waals surface area contributed by atoms with Gasteiger partial charge in [-0.05, 0) is 60.9 Å². The van der Waals surface area contributed by atoms with Gasteiger partial charge in [0.1, 0.15) is 11.6 Å². The van der Waals surface area contributed by atoms with Crippen LogP contribution in [0.5, 0.6) is 0 Å². The van der Waals surface area contributed by atoms with Crippen LogP contribution in [-0.4, -0.2) is 81.4 Å². The molecule has 1 aromatic heterocycles. The largest absolute Gasteiger partial charge is 0.379 e. The molecule has 202 valence electrons. The molecule has 2 aromatic carbocycles. The molecule has 3 aromatic rings. The molecule has 3 heterocycles. The van der Waals surface area contributed by atoms with E-state index in [1.807, 2.05) is 0 Å². The van der Waals surface area contributed by atoms with Crippen molar-refractivity contribution in [3.8, 4) is 0 Å². The molecule has 0 amide bonds. The number of rotatable bonds is 9. The van der Waals surface area contributed by atoms with Crippen LogP contribution in [0.25, 0.3) is 10.9 Å². The van der Waals surface area contributed by atoms with E-state index in [9.17, 15) is 0 Å². The summed E-state index contributed by atoms with van der Waals surface area (Å²) in [5.74, 6) is 3.33. The van der Waals surface area contributed by atoms with E-state index in [4.69, 9.17) is 14.7 Å². The standard InChI is InChI=1S/C31H42N6O/c1-35(2)29-6-4-3-5-26(29)24-11-14-37(15-12-24)31-27-21-23(22-32-13-16-36-17-19-38-20-18-36)7-10-28(27)33-30(34-31)25-8-9-25/h3-7,10,21,24-25,32H,8-9,11-20,22H2,1-2H3. The minimum absolute atomic E-state index is 0.546. The minimum atomic E-state index is 0.546. The summed E-state index contributed by atoms with van der Waals surface area (Å²) in [6.45, 7) is 8.79. The molecule has 3 fully saturated rings. The summed E-state index contributed by atoms with van der Waals surface area (Å²) >= 11 is 0. The molecule has 1 aliphatic carbocycles. The Balaban J connectivity index is 1.17. The molecule has 2 saturated heterocycles. The van der Waals surface area contributed by atoms with Crippen molar-refractivity contribution < 1.29 is 4.74 Å². The Labute approximate surface area is 227 Å². The number of para-hydroxylation sites is 1. The van der Waals surface area contributed by atoms with E-state index in [-0.39, 0.29) is 0 Å². The Hall–Kier alpha value is -2.74. The lowest BCUT2D eigenvalue weighted by Gasteiger charge is -2.35. The third kappa shape index (κ3) is 5.80. The van der Waals surface area contributed by atoms with Crippen molar-refractivity contribution in [3.05, 3.63) is 59.4 Å². The summed E-state index contributed by atoms with van der Waals surface area (Å²) in [6.07, 6.45) is 4.74. The summed E-state index contributed by atoms with van der Waals surface area (Å²) in [5, 5.41) is 4.85. The summed E-state index contributed by atoms with van der Waals surface area (Å²) in [6, 6.07) is 15.7. The number of hydrogen-bond donors (Lipinski definition) is 1. The monoisotopic (exact) mass is 514 g/mol. The second kappa shape index (κ2) is 11.6. The normalized spacial score (nSPS) is 19.3. The maximum Gasteiger partial charge on any atom is 0.140 e. The first-order valence-electron chi connectivity index (χ1n) is 14.5. The number of morpholine rings is 1. The lowest BCUT2D eigenvalue weighted by molar-refractivity contribution is 0.0384. The van der Waals surface area contributed by atoms with E-state index in [0.29, 0.717) is 11.8 Å². The minimum Gasteiger partial charge on any atom is -0.379 e. The molecule has 38 heavy (non-hydrogen) atoms. The van der Waals surface area contributed by atoms with E-state index < -0.39 is 0 Å². The number of ether oxygens (including phenoxy) is 1. The van der Waals surface area contributed by atoms with Crippen LogP contribution in [0.2, 0.25) is 0 Å². The summed E-state index contributed by atoms with van der Waals surface area (Å²) in [4.78, 5) is 17.5. The molecule has 2 aliphatic heterocycles. The Morgan fingerprint density at radius 3 is 2.47 bits per heavy atom. The zero-order valence-electron chi connectivity index (χ0n) is 23.0. The van der Waals surface area contributed by atoms with Gasteiger partial charge in [-0.3, -0.25) is 4.90 Å². The van der Waals surface area contributed by atoms with E-state index >= 15 is 0 Å². The zero-order valence-corrected chi connectivity index (χ0v) is 23.0. The molecule has 1 saturated carbocycles. The highest BCUT2D eigenvalue weighted by Gasteiger charge is 2.30. The van der Waals surface area contributed by atoms with Crippen molar-refractivity contribution in [2.75, 3.05) is 76.4 Å². The van der Waals surface area contributed by atoms with Crippen molar-refractivity contribution >= 4 is 22.4 Å². The summed E-state index contributed by atoms with van der Waals surface area (Å²) in [7, 11) is 4.30. The second-order valence-electron chi connectivity index (χ2n) is 11.4. The van der Waals surface area contributed by atoms with Crippen molar-refractivity contribution in [2.45, 2.75) is 44.1 Å². The molecule has 3 aliphatic rings. The number of anilines is 2. The fraction of sp³-hybridized carbons (Fsp3) is 0.548. The van der Waals surface area contributed by atoms with E-state index in [2.05, 4.69) is 76.6 Å². The Morgan fingerprint density at radius 1 is 0.921 bits per heavy atom. The van der Waals surface area contributed by atoms with Gasteiger partial charge >= 0.3 is 0 Å². The molecule has 7 heteroatoms. The van der Waals surface area contributed by atoms with Crippen molar-refractivity contribution in [3.63, 3.8) is 0 Å². The number of piperidine rings is 1. The lowest BCUT2D eigenvalue weighted by Crippen LogP contribution is -2.40. The van der Waals surface area contributed by atoms with Crippen LogP contribution in [0.4, 0.5) is 11.5 Å². The van der Waals surface area contributed by atoms with Crippen LogP contribution >= 0.6 is 0 Å². The maximum atomic E-state index is 5.47. The third-order valence-corrected chi connectivity index (χ3v) is 8.39. The van der Waals surface area contributed by atoms with Crippen molar-refractivity contribution in [1.82, 2.24) is 20.2 Å². The van der Waals surface area contributed by atoms with E-state index in [1.165, 1.54) is 35.0 Å². The topological polar surface area (TPSA) is 56.8 Å². The fourth-order valence-corrected chi connectivity index (χ4v) is 5.99. The number of fused-ring (bicyclic) bond motifs is 1. The third-order valence-electron chi connectivity index (χ3n) is 8.39. The van der Waals surface area contributed by atoms with Crippen LogP contribution in [0, 0.1) is 0 Å². The average Bonchev–Trinajstić information content (AvgIpc) is 3.81. The molecule has 0 radical (unpaired) electrons. The molecule has 0 unspecified atom stereocenters. The number of benzene rings is 2. The molecule has 0 spiro atoms. The van der Waals surface area contributed by atoms with Gasteiger partial charge in [-0.25, -0.2) is 9.97 Å². The average molecular weight is 515 g/mol. The van der Waals surface area contributed by atoms with E-state index in [0.717, 1.165) is 89.0 Å². The number of aromatic nitrogens is 2. The van der Waals surface area contributed by atoms with Gasteiger partial charge in [0.05, 0.1) is 18.7 Å². The highest BCUT2D eigenvalue weighted by molar-refractivity contribution is 5.90. The second-order valence-corrected chi connectivity index (χ2v) is 11.4. The number of nitrogens with zero attached hydrogens (tertiary/aromatic N) is 5. The van der Waals surface area contributed by atoms with Gasteiger partial charge in [-0.2, -0.15) is 0 Å². The Bertz CT molecular complexity index is 1230. The Morgan fingerprint density at radius 2 is 1.71 bits per heavy atom. The molecule has 1 N–H and O–H groups in total. The zero-order chi connectivity index (χ0) is 25.9. The van der Waals surface area contributed by atoms with Crippen molar-refractivity contribution in [1.29, 1.82) is 0 Å². The quantitative estimate of drug-likeness (QED) is 0.425. The van der Waals surface area contributed by atoms with Gasteiger partial charge in [0, 0.05) is 76.9 Å². The fourth-order valence-electron chi connectivity index (χ4n) is 5.99. The molecule has 0 bridgehead atoms. The molecular weight excluding hydrogens is 472 g/mol. The highest BCUT2D eigenvalue weighted by atomic mass is 16.5. The predicted octanol–water partition coefficient (Wildman–Crippen LogP) is 4.38. The van der Waals surface area contributed by atoms with Crippen LogP contribution < -0.4 is 15.1 Å². The highest BCUT2D eigenvalue weighted by Crippen LogP contribution is 2.41. The first kappa shape index (κ1) is 25.5. The Kier molecular flexibility index (Phi) is 7.77. The van der Waals surface area contributed by atoms with Gasteiger partial charge in [0.2, 0.25) is 0 Å². The van der Waals surface area contributed by atoms with Gasteiger partial charge in [0.15, 0.2) is 0 Å². The smallest absolute Gasteiger partial charge is 0.140 e. The maximum absolute atomic E-state index is 5.47. The van der Waals surface area contributed by atoms with Crippen LogP contribution in [0.3, 0.4) is 0 Å². The van der Waals surface area contributed by atoms with Crippen LogP contribution in [0.15, 0.2) is 42.5 Å².